The summed E-state index contributed by atoms with van der Waals surface area (Å²) in [4.78, 5) is 3.88. The van der Waals surface area contributed by atoms with Gasteiger partial charge in [-0.05, 0) is 41.3 Å². The molecular weight excluding hydrogens is 318 g/mol. The smallest absolute Gasteiger partial charge is 0.269 e. The molecule has 1 heterocycles. The fourth-order valence-corrected chi connectivity index (χ4v) is 2.29. The maximum atomic E-state index is 12.9. The van der Waals surface area contributed by atoms with E-state index in [1.807, 2.05) is 20.8 Å². The fourth-order valence-electron chi connectivity index (χ4n) is 1.94. The molecule has 0 fully saturated rings. The summed E-state index contributed by atoms with van der Waals surface area (Å²) in [6.07, 6.45) is -0.459. The normalized spacial score (nSPS) is 14.8. The van der Waals surface area contributed by atoms with Crippen molar-refractivity contribution in [2.75, 3.05) is 6.61 Å². The second-order valence-corrected chi connectivity index (χ2v) is 6.30. The Balaban J connectivity index is 2.77. The zero-order chi connectivity index (χ0) is 14.6. The van der Waals surface area contributed by atoms with E-state index in [0.717, 1.165) is 6.42 Å². The van der Waals surface area contributed by atoms with Gasteiger partial charge in [0.25, 0.3) is 6.43 Å². The summed E-state index contributed by atoms with van der Waals surface area (Å²) in [6, 6.07) is 1.31. The summed E-state index contributed by atoms with van der Waals surface area (Å²) in [6.45, 7) is 6.09. The average Bonchev–Trinajstić information content (AvgIpc) is 2.25. The van der Waals surface area contributed by atoms with Gasteiger partial charge in [0.15, 0.2) is 0 Å². The molecule has 0 aromatic carbocycles. The van der Waals surface area contributed by atoms with Crippen molar-refractivity contribution in [2.24, 2.45) is 11.7 Å². The Labute approximate surface area is 120 Å². The highest BCUT2D eigenvalue weighted by Crippen LogP contribution is 2.30. The molecule has 1 atom stereocenters. The SMILES string of the molecule is CC(C)CC(C)(N)COc1ncc(Br)cc1C(F)F. The fraction of sp³-hybridized carbons (Fsp3) is 0.615. The number of nitrogens with zero attached hydrogens (tertiary/aromatic N) is 1. The molecule has 0 spiro atoms. The van der Waals surface area contributed by atoms with Crippen LogP contribution in [0.15, 0.2) is 16.7 Å². The van der Waals surface area contributed by atoms with Crippen molar-refractivity contribution in [3.05, 3.63) is 22.3 Å². The summed E-state index contributed by atoms with van der Waals surface area (Å²) in [5, 5.41) is 0. The topological polar surface area (TPSA) is 48.1 Å². The predicted octanol–water partition coefficient (Wildman–Crippen LogP) is 3.92. The zero-order valence-corrected chi connectivity index (χ0v) is 12.9. The number of alkyl halides is 2. The van der Waals surface area contributed by atoms with E-state index in [1.54, 1.807) is 0 Å². The molecule has 0 bridgehead atoms. The number of aromatic nitrogens is 1. The molecule has 2 N–H and O–H groups in total. The summed E-state index contributed by atoms with van der Waals surface area (Å²) < 4.78 is 31.6. The van der Waals surface area contributed by atoms with Gasteiger partial charge in [-0.1, -0.05) is 13.8 Å². The van der Waals surface area contributed by atoms with Crippen LogP contribution in [0.5, 0.6) is 5.88 Å². The molecule has 0 saturated heterocycles. The van der Waals surface area contributed by atoms with Gasteiger partial charge >= 0.3 is 0 Å². The van der Waals surface area contributed by atoms with Crippen LogP contribution >= 0.6 is 15.9 Å². The molecule has 0 aliphatic rings. The summed E-state index contributed by atoms with van der Waals surface area (Å²) in [5.74, 6) is 0.352. The Bertz CT molecular complexity index is 425. The first kappa shape index (κ1) is 16.3. The largest absolute Gasteiger partial charge is 0.475 e. The third-order valence-electron chi connectivity index (χ3n) is 2.49. The van der Waals surface area contributed by atoms with Crippen molar-refractivity contribution < 1.29 is 13.5 Å². The highest BCUT2D eigenvalue weighted by atomic mass is 79.9. The van der Waals surface area contributed by atoms with Gasteiger partial charge in [-0.3, -0.25) is 0 Å². The van der Waals surface area contributed by atoms with Crippen LogP contribution in [0.3, 0.4) is 0 Å². The molecule has 1 aromatic heterocycles. The van der Waals surface area contributed by atoms with Crippen LogP contribution in [0.1, 0.15) is 39.2 Å². The Kier molecular flexibility index (Phi) is 5.67. The second-order valence-electron chi connectivity index (χ2n) is 5.39. The van der Waals surface area contributed by atoms with Crippen molar-refractivity contribution in [3.8, 4) is 5.88 Å². The standard InChI is InChI=1S/C13H19BrF2N2O/c1-8(2)5-13(3,17)7-19-12-10(11(15)16)4-9(14)6-18-12/h4,6,8,11H,5,7,17H2,1-3H3. The lowest BCUT2D eigenvalue weighted by Crippen LogP contribution is -2.43. The van der Waals surface area contributed by atoms with E-state index in [-0.39, 0.29) is 18.1 Å². The molecule has 0 aliphatic heterocycles. The Morgan fingerprint density at radius 3 is 2.63 bits per heavy atom. The second kappa shape index (κ2) is 6.61. The van der Waals surface area contributed by atoms with E-state index in [9.17, 15) is 8.78 Å². The van der Waals surface area contributed by atoms with Crippen LogP contribution < -0.4 is 10.5 Å². The maximum absolute atomic E-state index is 12.9. The number of rotatable bonds is 6. The van der Waals surface area contributed by atoms with Crippen LogP contribution in [0, 0.1) is 5.92 Å². The van der Waals surface area contributed by atoms with Crippen molar-refractivity contribution in [2.45, 2.75) is 39.2 Å². The third kappa shape index (κ3) is 5.40. The third-order valence-corrected chi connectivity index (χ3v) is 2.93. The van der Waals surface area contributed by atoms with Crippen LogP contribution in [0.2, 0.25) is 0 Å². The van der Waals surface area contributed by atoms with E-state index in [1.165, 1.54) is 12.3 Å². The number of ether oxygens (including phenoxy) is 1. The number of halogens is 3. The van der Waals surface area contributed by atoms with Crippen molar-refractivity contribution in [3.63, 3.8) is 0 Å². The molecule has 19 heavy (non-hydrogen) atoms. The van der Waals surface area contributed by atoms with Gasteiger partial charge in [-0.15, -0.1) is 0 Å². The van der Waals surface area contributed by atoms with Gasteiger partial charge in [0, 0.05) is 16.2 Å². The Morgan fingerprint density at radius 1 is 1.47 bits per heavy atom. The lowest BCUT2D eigenvalue weighted by molar-refractivity contribution is 0.137. The molecule has 0 saturated carbocycles. The van der Waals surface area contributed by atoms with Crippen molar-refractivity contribution >= 4 is 15.9 Å². The quantitative estimate of drug-likeness (QED) is 0.856. The van der Waals surface area contributed by atoms with Gasteiger partial charge in [0.1, 0.15) is 6.61 Å². The minimum Gasteiger partial charge on any atom is -0.475 e. The Hall–Kier alpha value is -0.750. The van der Waals surface area contributed by atoms with E-state index >= 15 is 0 Å². The summed E-state index contributed by atoms with van der Waals surface area (Å²) in [7, 11) is 0. The van der Waals surface area contributed by atoms with E-state index < -0.39 is 12.0 Å². The molecular formula is C13H19BrF2N2O. The number of pyridine rings is 1. The van der Waals surface area contributed by atoms with Gasteiger partial charge in [0.05, 0.1) is 5.56 Å². The molecule has 0 amide bonds. The van der Waals surface area contributed by atoms with Crippen LogP contribution in [0.25, 0.3) is 0 Å². The van der Waals surface area contributed by atoms with Gasteiger partial charge in [0.2, 0.25) is 5.88 Å². The lowest BCUT2D eigenvalue weighted by atomic mass is 9.93. The first-order valence-electron chi connectivity index (χ1n) is 6.06. The average molecular weight is 337 g/mol. The minimum atomic E-state index is -2.63. The Morgan fingerprint density at radius 2 is 2.11 bits per heavy atom. The molecule has 0 aliphatic carbocycles. The van der Waals surface area contributed by atoms with Crippen LogP contribution in [0.4, 0.5) is 8.78 Å². The maximum Gasteiger partial charge on any atom is 0.269 e. The van der Waals surface area contributed by atoms with Gasteiger partial charge < -0.3 is 10.5 Å². The summed E-state index contributed by atoms with van der Waals surface area (Å²) in [5.41, 5.74) is 5.28. The first-order chi connectivity index (χ1) is 8.71. The van der Waals surface area contributed by atoms with Gasteiger partial charge in [-0.2, -0.15) is 0 Å². The zero-order valence-electron chi connectivity index (χ0n) is 11.3. The number of hydrogen-bond donors (Lipinski definition) is 1. The van der Waals surface area contributed by atoms with E-state index in [4.69, 9.17) is 10.5 Å². The van der Waals surface area contributed by atoms with E-state index in [2.05, 4.69) is 20.9 Å². The number of nitrogens with two attached hydrogens (primary N) is 1. The van der Waals surface area contributed by atoms with Crippen molar-refractivity contribution in [1.82, 2.24) is 4.98 Å². The van der Waals surface area contributed by atoms with Gasteiger partial charge in [-0.25, -0.2) is 13.8 Å². The predicted molar refractivity (Wildman–Crippen MR) is 74.4 cm³/mol. The van der Waals surface area contributed by atoms with Crippen LogP contribution in [-0.2, 0) is 0 Å². The molecule has 108 valence electrons. The highest BCUT2D eigenvalue weighted by molar-refractivity contribution is 9.10. The molecule has 1 rings (SSSR count). The molecule has 3 nitrogen and oxygen atoms in total. The monoisotopic (exact) mass is 336 g/mol. The summed E-state index contributed by atoms with van der Waals surface area (Å²) >= 11 is 3.11. The minimum absolute atomic E-state index is 0.0568. The van der Waals surface area contributed by atoms with Crippen molar-refractivity contribution in [1.29, 1.82) is 0 Å². The first-order valence-corrected chi connectivity index (χ1v) is 6.86. The molecule has 6 heteroatoms. The van der Waals surface area contributed by atoms with E-state index in [0.29, 0.717) is 10.4 Å². The number of hydrogen-bond acceptors (Lipinski definition) is 3. The molecule has 0 radical (unpaired) electrons. The highest BCUT2D eigenvalue weighted by Gasteiger charge is 2.23. The molecule has 1 aromatic rings. The van der Waals surface area contributed by atoms with Crippen LogP contribution in [-0.4, -0.2) is 17.1 Å². The lowest BCUT2D eigenvalue weighted by Gasteiger charge is -2.26. The molecule has 1 unspecified atom stereocenters.